The summed E-state index contributed by atoms with van der Waals surface area (Å²) in [6.07, 6.45) is 2.70. The summed E-state index contributed by atoms with van der Waals surface area (Å²) in [5.41, 5.74) is 6.31. The normalized spacial score (nSPS) is 15.8. The van der Waals surface area contributed by atoms with E-state index in [0.717, 1.165) is 35.3 Å². The van der Waals surface area contributed by atoms with Crippen LogP contribution in [0.1, 0.15) is 50.8 Å². The van der Waals surface area contributed by atoms with Gasteiger partial charge in [0.15, 0.2) is 5.11 Å². The van der Waals surface area contributed by atoms with Crippen LogP contribution in [0.15, 0.2) is 17.0 Å². The van der Waals surface area contributed by atoms with E-state index in [1.165, 1.54) is 18.4 Å². The molecule has 10 heteroatoms. The van der Waals surface area contributed by atoms with Gasteiger partial charge < -0.3 is 10.1 Å². The number of nitrogens with one attached hydrogen (secondary N) is 3. The number of carbonyl (C=O) groups is 1. The number of esters is 1. The van der Waals surface area contributed by atoms with Gasteiger partial charge in [-0.2, -0.15) is 0 Å². The van der Waals surface area contributed by atoms with E-state index in [2.05, 4.69) is 22.5 Å². The fourth-order valence-electron chi connectivity index (χ4n) is 4.05. The molecular formula is C21H27N3O4S3. The molecule has 1 aromatic carbocycles. The van der Waals surface area contributed by atoms with Gasteiger partial charge in [-0.15, -0.1) is 16.2 Å². The summed E-state index contributed by atoms with van der Waals surface area (Å²) in [4.78, 5) is 16.1. The number of carbonyl (C=O) groups excluding carboxylic acids is 1. The Hall–Kier alpha value is -2.01. The van der Waals surface area contributed by atoms with Crippen molar-refractivity contribution in [3.05, 3.63) is 44.8 Å². The molecular weight excluding hydrogens is 454 g/mol. The minimum Gasteiger partial charge on any atom is -0.465 e. The van der Waals surface area contributed by atoms with Crippen LogP contribution in [0.4, 0.5) is 5.00 Å². The number of aryl methyl sites for hydroxylation is 3. The molecule has 7 nitrogen and oxygen atoms in total. The maximum atomic E-state index is 12.8. The molecule has 2 aromatic rings. The molecule has 168 valence electrons. The van der Waals surface area contributed by atoms with Crippen molar-refractivity contribution in [2.75, 3.05) is 12.4 Å². The van der Waals surface area contributed by atoms with Gasteiger partial charge in [0.1, 0.15) is 5.00 Å². The number of thiocarbonyl (C=S) groups is 1. The molecule has 1 aliphatic rings. The highest BCUT2D eigenvalue weighted by molar-refractivity contribution is 7.89. The molecule has 0 spiro atoms. The maximum absolute atomic E-state index is 12.8. The van der Waals surface area contributed by atoms with Crippen molar-refractivity contribution in [3.63, 3.8) is 0 Å². The summed E-state index contributed by atoms with van der Waals surface area (Å²) >= 11 is 6.75. The first-order chi connectivity index (χ1) is 14.5. The Morgan fingerprint density at radius 2 is 1.87 bits per heavy atom. The van der Waals surface area contributed by atoms with E-state index in [-0.39, 0.29) is 10.0 Å². The summed E-state index contributed by atoms with van der Waals surface area (Å²) in [6.45, 7) is 7.61. The zero-order chi connectivity index (χ0) is 22.9. The van der Waals surface area contributed by atoms with Crippen LogP contribution in [-0.2, 0) is 27.6 Å². The molecule has 3 rings (SSSR count). The van der Waals surface area contributed by atoms with Gasteiger partial charge in [-0.3, -0.25) is 5.43 Å². The van der Waals surface area contributed by atoms with Crippen LogP contribution in [0.25, 0.3) is 0 Å². The molecule has 0 radical (unpaired) electrons. The number of hydrogen-bond acceptors (Lipinski definition) is 6. The Bertz CT molecular complexity index is 1120. The number of sulfonamides is 1. The fraction of sp³-hybridized carbons (Fsp3) is 0.429. The third-order valence-electron chi connectivity index (χ3n) is 5.30. The third-order valence-corrected chi connectivity index (χ3v) is 8.23. The number of methoxy groups -OCH3 is 1. The minimum absolute atomic E-state index is 0.0443. The van der Waals surface area contributed by atoms with E-state index in [9.17, 15) is 13.2 Å². The maximum Gasteiger partial charge on any atom is 0.341 e. The Kier molecular flexibility index (Phi) is 7.04. The van der Waals surface area contributed by atoms with Crippen molar-refractivity contribution in [3.8, 4) is 0 Å². The highest BCUT2D eigenvalue weighted by atomic mass is 32.2. The lowest BCUT2D eigenvalue weighted by Gasteiger charge is -2.18. The molecule has 0 aliphatic heterocycles. The van der Waals surface area contributed by atoms with Crippen molar-refractivity contribution in [1.29, 1.82) is 0 Å². The Morgan fingerprint density at radius 3 is 2.48 bits per heavy atom. The van der Waals surface area contributed by atoms with E-state index >= 15 is 0 Å². The Labute approximate surface area is 192 Å². The molecule has 1 aromatic heterocycles. The van der Waals surface area contributed by atoms with Crippen LogP contribution in [0.2, 0.25) is 0 Å². The van der Waals surface area contributed by atoms with Crippen molar-refractivity contribution < 1.29 is 17.9 Å². The van der Waals surface area contributed by atoms with Crippen LogP contribution in [0.5, 0.6) is 0 Å². The van der Waals surface area contributed by atoms with Gasteiger partial charge in [0, 0.05) is 4.88 Å². The number of thiophene rings is 1. The molecule has 1 heterocycles. The molecule has 0 bridgehead atoms. The number of fused-ring (bicyclic) bond motifs is 1. The lowest BCUT2D eigenvalue weighted by atomic mass is 9.88. The predicted molar refractivity (Wildman–Crippen MR) is 127 cm³/mol. The molecule has 0 unspecified atom stereocenters. The molecule has 3 N–H and O–H groups in total. The van der Waals surface area contributed by atoms with Gasteiger partial charge in [0.05, 0.1) is 17.6 Å². The first kappa shape index (κ1) is 23.6. The second kappa shape index (κ2) is 9.23. The lowest BCUT2D eigenvalue weighted by molar-refractivity contribution is 0.0600. The monoisotopic (exact) mass is 481 g/mol. The van der Waals surface area contributed by atoms with Crippen LogP contribution >= 0.6 is 23.6 Å². The number of ether oxygens (including phenoxy) is 1. The van der Waals surface area contributed by atoms with E-state index in [1.54, 1.807) is 13.8 Å². The van der Waals surface area contributed by atoms with Gasteiger partial charge in [0.2, 0.25) is 0 Å². The van der Waals surface area contributed by atoms with Crippen LogP contribution in [0, 0.1) is 26.7 Å². The fourth-order valence-corrected chi connectivity index (χ4v) is 7.04. The quantitative estimate of drug-likeness (QED) is 0.340. The average molecular weight is 482 g/mol. The smallest absolute Gasteiger partial charge is 0.341 e. The number of hydrazine groups is 1. The number of benzene rings is 1. The SMILES string of the molecule is COC(=O)c1c(NC(=S)NNS(=O)(=O)c2c(C)cc(C)cc2C)sc2c1CC[C@H](C)C2. The van der Waals surface area contributed by atoms with E-state index in [1.807, 2.05) is 19.1 Å². The molecule has 0 saturated carbocycles. The lowest BCUT2D eigenvalue weighted by Crippen LogP contribution is -2.44. The Morgan fingerprint density at radius 1 is 1.23 bits per heavy atom. The highest BCUT2D eigenvalue weighted by Gasteiger charge is 2.28. The predicted octanol–water partition coefficient (Wildman–Crippen LogP) is 3.76. The van der Waals surface area contributed by atoms with Crippen molar-refractivity contribution in [1.82, 2.24) is 10.3 Å². The summed E-state index contributed by atoms with van der Waals surface area (Å²) < 4.78 is 30.6. The van der Waals surface area contributed by atoms with Gasteiger partial charge in [-0.05, 0) is 74.9 Å². The summed E-state index contributed by atoms with van der Waals surface area (Å²) in [6, 6.07) is 3.63. The second-order valence-corrected chi connectivity index (χ2v) is 11.1. The van der Waals surface area contributed by atoms with Gasteiger partial charge in [0.25, 0.3) is 10.0 Å². The molecule has 1 atom stereocenters. The molecule has 0 saturated heterocycles. The van der Waals surface area contributed by atoms with Gasteiger partial charge >= 0.3 is 5.97 Å². The molecule has 0 amide bonds. The number of hydrogen-bond donors (Lipinski definition) is 3. The van der Waals surface area contributed by atoms with E-state index in [0.29, 0.717) is 27.6 Å². The summed E-state index contributed by atoms with van der Waals surface area (Å²) in [5.74, 6) is 0.117. The highest BCUT2D eigenvalue weighted by Crippen LogP contribution is 2.40. The van der Waals surface area contributed by atoms with Crippen LogP contribution in [0.3, 0.4) is 0 Å². The third kappa shape index (κ3) is 5.08. The van der Waals surface area contributed by atoms with Gasteiger partial charge in [-0.25, -0.2) is 13.2 Å². The van der Waals surface area contributed by atoms with E-state index in [4.69, 9.17) is 17.0 Å². The topological polar surface area (TPSA) is 96.5 Å². The Balaban J connectivity index is 1.78. The van der Waals surface area contributed by atoms with Crippen LogP contribution < -0.4 is 15.6 Å². The average Bonchev–Trinajstić information content (AvgIpc) is 3.01. The number of rotatable bonds is 5. The summed E-state index contributed by atoms with van der Waals surface area (Å²) in [5, 5.41) is 3.58. The zero-order valence-electron chi connectivity index (χ0n) is 18.2. The second-order valence-electron chi connectivity index (χ2n) is 7.96. The minimum atomic E-state index is -3.84. The first-order valence-corrected chi connectivity index (χ1v) is 12.6. The van der Waals surface area contributed by atoms with Crippen molar-refractivity contribution in [2.24, 2.45) is 5.92 Å². The van der Waals surface area contributed by atoms with Crippen molar-refractivity contribution in [2.45, 2.75) is 51.9 Å². The molecule has 31 heavy (non-hydrogen) atoms. The van der Waals surface area contributed by atoms with Gasteiger partial charge in [-0.1, -0.05) is 24.6 Å². The standard InChI is InChI=1S/C21H27N3O4S3/c1-11-6-7-15-16(10-11)30-19(17(15)20(25)28-5)22-21(29)23-24-31(26,27)18-13(3)8-12(2)9-14(18)4/h8-9,11,24H,6-7,10H2,1-5H3,(H2,22,23,29)/t11-/m0/s1. The van der Waals surface area contributed by atoms with E-state index < -0.39 is 16.0 Å². The molecule has 1 aliphatic carbocycles. The zero-order valence-corrected chi connectivity index (χ0v) is 20.7. The van der Waals surface area contributed by atoms with Crippen molar-refractivity contribution >= 4 is 49.7 Å². The number of anilines is 1. The molecule has 0 fully saturated rings. The summed E-state index contributed by atoms with van der Waals surface area (Å²) in [7, 11) is -2.50. The van der Waals surface area contributed by atoms with Crippen LogP contribution in [-0.4, -0.2) is 26.6 Å². The largest absolute Gasteiger partial charge is 0.465 e. The first-order valence-electron chi connectivity index (χ1n) is 9.93.